The molecule has 0 atom stereocenters. The molecule has 0 fully saturated rings. The van der Waals surface area contributed by atoms with Gasteiger partial charge in [0.2, 0.25) is 0 Å². The van der Waals surface area contributed by atoms with Crippen molar-refractivity contribution in [2.75, 3.05) is 123 Å². The standard InChI is InChI=1S/C28H61NO5P2/c1-6-30-18-11-23-35(24-12-19-31-7-2)27-16-29(15-22-34-10-5)17-28-36(25-13-20-32-8-3)26-14-21-33-9-4/h6-28H2,1-5H3. The Morgan fingerprint density at radius 1 is 0.389 bits per heavy atom. The van der Waals surface area contributed by atoms with Crippen molar-refractivity contribution >= 4 is 15.8 Å². The molecule has 0 spiro atoms. The van der Waals surface area contributed by atoms with Gasteiger partial charge in [0.1, 0.15) is 0 Å². The number of ether oxygens (including phenoxy) is 5. The summed E-state index contributed by atoms with van der Waals surface area (Å²) < 4.78 is 28.2. The summed E-state index contributed by atoms with van der Waals surface area (Å²) in [5.41, 5.74) is 0. The summed E-state index contributed by atoms with van der Waals surface area (Å²) in [6.45, 7) is 22.5. The molecule has 0 rings (SSSR count). The van der Waals surface area contributed by atoms with Gasteiger partial charge < -0.3 is 28.6 Å². The lowest BCUT2D eigenvalue weighted by molar-refractivity contribution is 0.118. The molecule has 6 nitrogen and oxygen atoms in total. The summed E-state index contributed by atoms with van der Waals surface area (Å²) in [6.07, 6.45) is 12.7. The second kappa shape index (κ2) is 30.2. The molecule has 0 saturated heterocycles. The van der Waals surface area contributed by atoms with Gasteiger partial charge in [-0.05, 0) is 97.3 Å². The van der Waals surface area contributed by atoms with Gasteiger partial charge in [0, 0.05) is 79.1 Å². The Morgan fingerprint density at radius 3 is 1.00 bits per heavy atom. The van der Waals surface area contributed by atoms with Crippen molar-refractivity contribution < 1.29 is 23.7 Å². The molecule has 0 radical (unpaired) electrons. The van der Waals surface area contributed by atoms with E-state index in [1.54, 1.807) is 0 Å². The molecule has 0 N–H and O–H groups in total. The maximum absolute atomic E-state index is 5.75. The molecule has 0 aromatic carbocycles. The molecule has 8 heteroatoms. The van der Waals surface area contributed by atoms with Crippen LogP contribution in [0.3, 0.4) is 0 Å². The van der Waals surface area contributed by atoms with E-state index in [1.807, 2.05) is 0 Å². The Morgan fingerprint density at radius 2 is 0.694 bits per heavy atom. The second-order valence-electron chi connectivity index (χ2n) is 8.92. The number of nitrogens with zero attached hydrogens (tertiary/aromatic N) is 1. The van der Waals surface area contributed by atoms with Crippen molar-refractivity contribution in [3.63, 3.8) is 0 Å². The lowest BCUT2D eigenvalue weighted by atomic mass is 10.5. The fourth-order valence-electron chi connectivity index (χ4n) is 4.05. The van der Waals surface area contributed by atoms with Gasteiger partial charge in [-0.25, -0.2) is 0 Å². The van der Waals surface area contributed by atoms with Gasteiger partial charge in [-0.2, -0.15) is 0 Å². The minimum atomic E-state index is 0.0314. The Bertz CT molecular complexity index is 367. The van der Waals surface area contributed by atoms with Gasteiger partial charge >= 0.3 is 0 Å². The second-order valence-corrected chi connectivity index (χ2v) is 14.3. The van der Waals surface area contributed by atoms with Crippen LogP contribution >= 0.6 is 15.8 Å². The van der Waals surface area contributed by atoms with Crippen molar-refractivity contribution in [3.05, 3.63) is 0 Å². The first-order valence-corrected chi connectivity index (χ1v) is 18.6. The molecule has 0 aliphatic heterocycles. The molecule has 218 valence electrons. The molecule has 0 bridgehead atoms. The number of hydrogen-bond donors (Lipinski definition) is 0. The molecule has 0 aliphatic carbocycles. The minimum Gasteiger partial charge on any atom is -0.382 e. The highest BCUT2D eigenvalue weighted by Crippen LogP contribution is 2.38. The Hall–Kier alpha value is 0.620. The van der Waals surface area contributed by atoms with Crippen LogP contribution in [0.5, 0.6) is 0 Å². The minimum absolute atomic E-state index is 0.0314. The van der Waals surface area contributed by atoms with Crippen LogP contribution in [0.25, 0.3) is 0 Å². The fourth-order valence-corrected chi connectivity index (χ4v) is 8.83. The zero-order valence-electron chi connectivity index (χ0n) is 24.6. The van der Waals surface area contributed by atoms with E-state index < -0.39 is 0 Å². The first kappa shape index (κ1) is 36.6. The van der Waals surface area contributed by atoms with E-state index in [1.165, 1.54) is 75.7 Å². The maximum atomic E-state index is 5.75. The maximum Gasteiger partial charge on any atom is 0.0593 e. The molecule has 0 heterocycles. The van der Waals surface area contributed by atoms with Crippen molar-refractivity contribution in [1.29, 1.82) is 0 Å². The average Bonchev–Trinajstić information content (AvgIpc) is 2.89. The summed E-state index contributed by atoms with van der Waals surface area (Å²) in [7, 11) is 0.0627. The lowest BCUT2D eigenvalue weighted by Crippen LogP contribution is -2.33. The molecule has 0 aromatic rings. The molecule has 0 aliphatic rings. The summed E-state index contributed by atoms with van der Waals surface area (Å²) in [4.78, 5) is 2.69. The largest absolute Gasteiger partial charge is 0.382 e. The number of hydrogen-bond acceptors (Lipinski definition) is 6. The zero-order chi connectivity index (χ0) is 26.5. The third-order valence-electron chi connectivity index (χ3n) is 6.09. The number of rotatable bonds is 30. The SMILES string of the molecule is CCOCCCP(CCCOCC)CCN(CCOCC)CCP(CCCOCC)CCCOCC. The molecule has 0 aromatic heterocycles. The Labute approximate surface area is 227 Å². The van der Waals surface area contributed by atoms with Crippen LogP contribution in [0.4, 0.5) is 0 Å². The van der Waals surface area contributed by atoms with Crippen LogP contribution in [0.2, 0.25) is 0 Å². The molecular weight excluding hydrogens is 492 g/mol. The smallest absolute Gasteiger partial charge is 0.0593 e. The highest BCUT2D eigenvalue weighted by Gasteiger charge is 2.15. The molecule has 0 unspecified atom stereocenters. The van der Waals surface area contributed by atoms with Gasteiger partial charge in [0.05, 0.1) is 6.61 Å². The van der Waals surface area contributed by atoms with Crippen molar-refractivity contribution in [2.45, 2.75) is 60.3 Å². The molecule has 0 saturated carbocycles. The normalized spacial score (nSPS) is 12.0. The van der Waals surface area contributed by atoms with Crippen LogP contribution in [0, 0.1) is 0 Å². The van der Waals surface area contributed by atoms with Crippen LogP contribution in [-0.4, -0.2) is 128 Å². The van der Waals surface area contributed by atoms with Crippen LogP contribution in [0.15, 0.2) is 0 Å². The quantitative estimate of drug-likeness (QED) is 0.0804. The first-order chi connectivity index (χ1) is 17.7. The highest BCUT2D eigenvalue weighted by molar-refractivity contribution is 7.57. The van der Waals surface area contributed by atoms with E-state index in [0.717, 1.165) is 72.6 Å². The topological polar surface area (TPSA) is 49.4 Å². The van der Waals surface area contributed by atoms with E-state index in [2.05, 4.69) is 39.5 Å². The average molecular weight is 554 g/mol. The van der Waals surface area contributed by atoms with E-state index in [-0.39, 0.29) is 15.8 Å². The third kappa shape index (κ3) is 24.9. The monoisotopic (exact) mass is 553 g/mol. The van der Waals surface area contributed by atoms with Gasteiger partial charge in [-0.1, -0.05) is 0 Å². The van der Waals surface area contributed by atoms with Crippen molar-refractivity contribution in [1.82, 2.24) is 4.90 Å². The van der Waals surface area contributed by atoms with Gasteiger partial charge in [-0.15, -0.1) is 15.8 Å². The molecule has 36 heavy (non-hydrogen) atoms. The summed E-state index contributed by atoms with van der Waals surface area (Å²) >= 11 is 0. The van der Waals surface area contributed by atoms with Gasteiger partial charge in [0.25, 0.3) is 0 Å². The zero-order valence-corrected chi connectivity index (χ0v) is 26.4. The van der Waals surface area contributed by atoms with E-state index in [4.69, 9.17) is 23.7 Å². The first-order valence-electron chi connectivity index (χ1n) is 14.8. The van der Waals surface area contributed by atoms with Gasteiger partial charge in [-0.3, -0.25) is 0 Å². The van der Waals surface area contributed by atoms with Crippen molar-refractivity contribution in [3.8, 4) is 0 Å². The summed E-state index contributed by atoms with van der Waals surface area (Å²) in [6, 6.07) is 0. The van der Waals surface area contributed by atoms with Crippen LogP contribution < -0.4 is 0 Å². The summed E-state index contributed by atoms with van der Waals surface area (Å²) in [5, 5.41) is 0. The van der Waals surface area contributed by atoms with E-state index >= 15 is 0 Å². The van der Waals surface area contributed by atoms with E-state index in [0.29, 0.717) is 0 Å². The molecule has 0 amide bonds. The third-order valence-corrected chi connectivity index (χ3v) is 11.5. The predicted molar refractivity (Wildman–Crippen MR) is 160 cm³/mol. The lowest BCUT2D eigenvalue weighted by Gasteiger charge is -2.28. The van der Waals surface area contributed by atoms with Crippen molar-refractivity contribution in [2.24, 2.45) is 0 Å². The highest BCUT2D eigenvalue weighted by atomic mass is 31.1. The fraction of sp³-hybridized carbons (Fsp3) is 1.00. The Kier molecular flexibility index (Phi) is 30.7. The van der Waals surface area contributed by atoms with Crippen LogP contribution in [0.1, 0.15) is 60.3 Å². The van der Waals surface area contributed by atoms with Crippen LogP contribution in [-0.2, 0) is 23.7 Å². The predicted octanol–water partition coefficient (Wildman–Crippen LogP) is 6.00. The van der Waals surface area contributed by atoms with Gasteiger partial charge in [0.15, 0.2) is 0 Å². The summed E-state index contributed by atoms with van der Waals surface area (Å²) in [5.74, 6) is 0. The van der Waals surface area contributed by atoms with E-state index in [9.17, 15) is 0 Å². The molecular formula is C28H61NO5P2. The Balaban J connectivity index is 4.80.